The summed E-state index contributed by atoms with van der Waals surface area (Å²) < 4.78 is 6.92. The molecule has 2 heterocycles. The second-order valence-corrected chi connectivity index (χ2v) is 4.57. The zero-order valence-electron chi connectivity index (χ0n) is 10.4. The summed E-state index contributed by atoms with van der Waals surface area (Å²) in [6, 6.07) is 0. The highest BCUT2D eigenvalue weighted by Gasteiger charge is 2.39. The number of ether oxygens (including phenoxy) is 1. The fourth-order valence-corrected chi connectivity index (χ4v) is 1.91. The van der Waals surface area contributed by atoms with Gasteiger partial charge < -0.3 is 15.4 Å². The van der Waals surface area contributed by atoms with E-state index in [4.69, 9.17) is 10.5 Å². The molecule has 1 unspecified atom stereocenters. The Kier molecular flexibility index (Phi) is 3.08. The van der Waals surface area contributed by atoms with Crippen LogP contribution in [-0.2, 0) is 16.6 Å². The summed E-state index contributed by atoms with van der Waals surface area (Å²) in [5.74, 6) is -0.731. The predicted octanol–water partition coefficient (Wildman–Crippen LogP) is -0.863. The van der Waals surface area contributed by atoms with Crippen molar-refractivity contribution in [3.8, 4) is 0 Å². The first-order valence-corrected chi connectivity index (χ1v) is 5.64. The van der Waals surface area contributed by atoms with Gasteiger partial charge >= 0.3 is 0 Å². The van der Waals surface area contributed by atoms with Gasteiger partial charge in [0.25, 0.3) is 11.8 Å². The number of aromatic nitrogens is 2. The number of rotatable bonds is 2. The number of hydrogen-bond acceptors (Lipinski definition) is 4. The van der Waals surface area contributed by atoms with E-state index in [1.54, 1.807) is 29.7 Å². The van der Waals surface area contributed by atoms with Crippen LogP contribution in [-0.4, -0.2) is 51.8 Å². The van der Waals surface area contributed by atoms with Gasteiger partial charge in [-0.05, 0) is 6.92 Å². The van der Waals surface area contributed by atoms with E-state index in [9.17, 15) is 9.59 Å². The first-order chi connectivity index (χ1) is 8.42. The fourth-order valence-electron chi connectivity index (χ4n) is 1.91. The van der Waals surface area contributed by atoms with Gasteiger partial charge in [-0.25, -0.2) is 0 Å². The van der Waals surface area contributed by atoms with Gasteiger partial charge in [-0.2, -0.15) is 5.10 Å². The summed E-state index contributed by atoms with van der Waals surface area (Å²) in [7, 11) is 1.74. The largest absolute Gasteiger partial charge is 0.367 e. The summed E-state index contributed by atoms with van der Waals surface area (Å²) in [5, 5.41) is 3.95. The van der Waals surface area contributed by atoms with Gasteiger partial charge in [0.05, 0.1) is 24.9 Å². The molecular weight excluding hydrogens is 236 g/mol. The fraction of sp³-hybridized carbons (Fsp3) is 0.545. The highest BCUT2D eigenvalue weighted by molar-refractivity contribution is 5.94. The van der Waals surface area contributed by atoms with Gasteiger partial charge in [0.1, 0.15) is 0 Å². The number of carbonyl (C=O) groups excluding carboxylic acids is 2. The van der Waals surface area contributed by atoms with Gasteiger partial charge in [-0.3, -0.25) is 14.3 Å². The topological polar surface area (TPSA) is 90.5 Å². The molecule has 0 spiro atoms. The normalized spacial score (nSPS) is 24.0. The van der Waals surface area contributed by atoms with Crippen LogP contribution in [0.25, 0.3) is 0 Å². The molecule has 7 nitrogen and oxygen atoms in total. The van der Waals surface area contributed by atoms with Crippen molar-refractivity contribution >= 4 is 11.8 Å². The SMILES string of the molecule is Cn1cc(C(=O)N2CCOC(C)(C(N)=O)C2)cn1. The van der Waals surface area contributed by atoms with E-state index in [-0.39, 0.29) is 12.5 Å². The minimum Gasteiger partial charge on any atom is -0.367 e. The molecule has 7 heteroatoms. The number of hydrogen-bond donors (Lipinski definition) is 1. The van der Waals surface area contributed by atoms with Crippen molar-refractivity contribution in [2.24, 2.45) is 12.8 Å². The van der Waals surface area contributed by atoms with Crippen molar-refractivity contribution in [2.45, 2.75) is 12.5 Å². The van der Waals surface area contributed by atoms with E-state index in [0.29, 0.717) is 18.7 Å². The van der Waals surface area contributed by atoms with Crippen LogP contribution in [0.5, 0.6) is 0 Å². The summed E-state index contributed by atoms with van der Waals surface area (Å²) in [5.41, 5.74) is 4.67. The maximum absolute atomic E-state index is 12.2. The van der Waals surface area contributed by atoms with Crippen LogP contribution in [0.4, 0.5) is 0 Å². The first-order valence-electron chi connectivity index (χ1n) is 5.64. The smallest absolute Gasteiger partial charge is 0.257 e. The molecule has 1 aromatic rings. The quantitative estimate of drug-likeness (QED) is 0.741. The van der Waals surface area contributed by atoms with E-state index in [1.165, 1.54) is 6.20 Å². The Morgan fingerprint density at radius 2 is 2.28 bits per heavy atom. The van der Waals surface area contributed by atoms with Crippen molar-refractivity contribution in [3.05, 3.63) is 18.0 Å². The summed E-state index contributed by atoms with van der Waals surface area (Å²) in [6.45, 7) is 2.50. The molecule has 2 rings (SSSR count). The van der Waals surface area contributed by atoms with Gasteiger partial charge in [0.2, 0.25) is 0 Å². The molecule has 0 bridgehead atoms. The summed E-state index contributed by atoms with van der Waals surface area (Å²) >= 11 is 0. The average molecular weight is 252 g/mol. The minimum absolute atomic E-state index is 0.163. The highest BCUT2D eigenvalue weighted by atomic mass is 16.5. The lowest BCUT2D eigenvalue weighted by molar-refractivity contribution is -0.150. The van der Waals surface area contributed by atoms with Crippen molar-refractivity contribution < 1.29 is 14.3 Å². The molecule has 1 aliphatic rings. The van der Waals surface area contributed by atoms with Crippen molar-refractivity contribution in [1.29, 1.82) is 0 Å². The molecule has 0 radical (unpaired) electrons. The Labute approximate surface area is 104 Å². The summed E-state index contributed by atoms with van der Waals surface area (Å²) in [6.07, 6.45) is 3.14. The molecule has 1 aliphatic heterocycles. The molecule has 2 N–H and O–H groups in total. The van der Waals surface area contributed by atoms with E-state index in [0.717, 1.165) is 0 Å². The molecule has 98 valence electrons. The van der Waals surface area contributed by atoms with Gasteiger partial charge in [0, 0.05) is 19.8 Å². The van der Waals surface area contributed by atoms with E-state index in [1.807, 2.05) is 0 Å². The molecule has 1 saturated heterocycles. The number of morpholine rings is 1. The third-order valence-corrected chi connectivity index (χ3v) is 3.03. The number of aryl methyl sites for hydroxylation is 1. The third kappa shape index (κ3) is 2.21. The molecule has 0 saturated carbocycles. The van der Waals surface area contributed by atoms with Crippen LogP contribution >= 0.6 is 0 Å². The molecule has 0 aromatic carbocycles. The van der Waals surface area contributed by atoms with Crippen LogP contribution < -0.4 is 5.73 Å². The Hall–Kier alpha value is -1.89. The maximum Gasteiger partial charge on any atom is 0.257 e. The number of primary amides is 1. The minimum atomic E-state index is -1.11. The second kappa shape index (κ2) is 4.41. The van der Waals surface area contributed by atoms with Crippen LogP contribution in [0.1, 0.15) is 17.3 Å². The molecule has 1 atom stereocenters. The monoisotopic (exact) mass is 252 g/mol. The average Bonchev–Trinajstić information content (AvgIpc) is 2.75. The van der Waals surface area contributed by atoms with Crippen LogP contribution in [0.15, 0.2) is 12.4 Å². The van der Waals surface area contributed by atoms with Crippen molar-refractivity contribution in [2.75, 3.05) is 19.7 Å². The molecule has 18 heavy (non-hydrogen) atoms. The number of nitrogens with zero attached hydrogens (tertiary/aromatic N) is 3. The summed E-state index contributed by atoms with van der Waals surface area (Å²) in [4.78, 5) is 25.1. The number of carbonyl (C=O) groups is 2. The van der Waals surface area contributed by atoms with Gasteiger partial charge in [-0.1, -0.05) is 0 Å². The first kappa shape index (κ1) is 12.6. The lowest BCUT2D eigenvalue weighted by atomic mass is 10.0. The second-order valence-electron chi connectivity index (χ2n) is 4.57. The zero-order valence-corrected chi connectivity index (χ0v) is 10.4. The Bertz CT molecular complexity index is 484. The lowest BCUT2D eigenvalue weighted by Gasteiger charge is -2.38. The van der Waals surface area contributed by atoms with E-state index < -0.39 is 11.5 Å². The van der Waals surface area contributed by atoms with Crippen LogP contribution in [0.2, 0.25) is 0 Å². The highest BCUT2D eigenvalue weighted by Crippen LogP contribution is 2.18. The standard InChI is InChI=1S/C11H16N4O3/c1-11(10(12)17)7-15(3-4-18-11)9(16)8-5-13-14(2)6-8/h5-6H,3-4,7H2,1-2H3,(H2,12,17). The molecular formula is C11H16N4O3. The Balaban J connectivity index is 2.14. The van der Waals surface area contributed by atoms with E-state index in [2.05, 4.69) is 5.10 Å². The van der Waals surface area contributed by atoms with Crippen LogP contribution in [0, 0.1) is 0 Å². The third-order valence-electron chi connectivity index (χ3n) is 3.03. The predicted molar refractivity (Wildman–Crippen MR) is 62.7 cm³/mol. The van der Waals surface area contributed by atoms with Gasteiger partial charge in [0.15, 0.2) is 5.60 Å². The van der Waals surface area contributed by atoms with Gasteiger partial charge in [-0.15, -0.1) is 0 Å². The maximum atomic E-state index is 12.2. The van der Waals surface area contributed by atoms with E-state index >= 15 is 0 Å². The molecule has 1 fully saturated rings. The zero-order chi connectivity index (χ0) is 13.3. The van der Waals surface area contributed by atoms with Crippen molar-refractivity contribution in [3.63, 3.8) is 0 Å². The Morgan fingerprint density at radius 1 is 1.56 bits per heavy atom. The Morgan fingerprint density at radius 3 is 2.83 bits per heavy atom. The molecule has 1 aromatic heterocycles. The number of nitrogens with two attached hydrogens (primary N) is 1. The molecule has 0 aliphatic carbocycles. The van der Waals surface area contributed by atoms with Crippen molar-refractivity contribution in [1.82, 2.24) is 14.7 Å². The lowest BCUT2D eigenvalue weighted by Crippen LogP contribution is -2.58. The van der Waals surface area contributed by atoms with Crippen LogP contribution in [0.3, 0.4) is 0 Å². The molecule has 2 amide bonds. The number of amides is 2.